The Bertz CT molecular complexity index is 911. The van der Waals surface area contributed by atoms with Crippen LogP contribution >= 0.6 is 0 Å². The number of esters is 1. The minimum Gasteiger partial charge on any atom is -0.508 e. The van der Waals surface area contributed by atoms with Crippen LogP contribution in [0.25, 0.3) is 0 Å². The summed E-state index contributed by atoms with van der Waals surface area (Å²) >= 11 is 0. The van der Waals surface area contributed by atoms with E-state index in [-0.39, 0.29) is 23.6 Å². The molecule has 0 spiro atoms. The number of amides is 2. The highest BCUT2D eigenvalue weighted by Gasteiger charge is 2.30. The van der Waals surface area contributed by atoms with Crippen molar-refractivity contribution < 1.29 is 29.3 Å². The van der Waals surface area contributed by atoms with E-state index in [0.717, 1.165) is 6.07 Å². The molecule has 1 aliphatic heterocycles. The zero-order chi connectivity index (χ0) is 19.6. The van der Waals surface area contributed by atoms with Crippen molar-refractivity contribution in [3.05, 3.63) is 48.0 Å². The number of carbonyl (C=O) groups is 3. The van der Waals surface area contributed by atoms with Crippen molar-refractivity contribution in [3.63, 3.8) is 0 Å². The highest BCUT2D eigenvalue weighted by Crippen LogP contribution is 2.31. The van der Waals surface area contributed by atoms with Crippen molar-refractivity contribution >= 4 is 29.2 Å². The Morgan fingerprint density at radius 2 is 1.96 bits per heavy atom. The second kappa shape index (κ2) is 7.36. The number of rotatable bonds is 3. The minimum atomic E-state index is -0.897. The number of para-hydroxylation sites is 2. The Morgan fingerprint density at radius 3 is 2.70 bits per heavy atom. The lowest BCUT2D eigenvalue weighted by atomic mass is 10.1. The van der Waals surface area contributed by atoms with Gasteiger partial charge in [-0.1, -0.05) is 12.1 Å². The van der Waals surface area contributed by atoms with Crippen molar-refractivity contribution in [3.8, 4) is 11.5 Å². The van der Waals surface area contributed by atoms with Gasteiger partial charge in [-0.05, 0) is 31.2 Å². The molecule has 1 atom stereocenters. The van der Waals surface area contributed by atoms with Gasteiger partial charge >= 0.3 is 5.97 Å². The van der Waals surface area contributed by atoms with E-state index in [1.54, 1.807) is 31.2 Å². The zero-order valence-electron chi connectivity index (χ0n) is 14.5. The second-order valence-corrected chi connectivity index (χ2v) is 6.16. The highest BCUT2D eigenvalue weighted by molar-refractivity contribution is 6.05. The van der Waals surface area contributed by atoms with Gasteiger partial charge in [0.2, 0.25) is 5.91 Å². The molecule has 1 heterocycles. The monoisotopic (exact) mass is 370 g/mol. The molecule has 8 nitrogen and oxygen atoms in total. The fourth-order valence-corrected chi connectivity index (χ4v) is 2.94. The van der Waals surface area contributed by atoms with E-state index in [1.807, 2.05) is 0 Å². The van der Waals surface area contributed by atoms with Crippen LogP contribution in [0.3, 0.4) is 0 Å². The van der Waals surface area contributed by atoms with Crippen molar-refractivity contribution in [2.24, 2.45) is 0 Å². The largest absolute Gasteiger partial charge is 0.508 e. The number of nitrogens with zero attached hydrogens (tertiary/aromatic N) is 1. The van der Waals surface area contributed by atoms with Gasteiger partial charge in [0.1, 0.15) is 17.1 Å². The van der Waals surface area contributed by atoms with Crippen LogP contribution in [0.15, 0.2) is 42.5 Å². The van der Waals surface area contributed by atoms with Gasteiger partial charge in [0, 0.05) is 18.5 Å². The van der Waals surface area contributed by atoms with Crippen LogP contribution in [-0.2, 0) is 14.3 Å². The van der Waals surface area contributed by atoms with Crippen molar-refractivity contribution in [1.29, 1.82) is 0 Å². The van der Waals surface area contributed by atoms with Gasteiger partial charge in [0.25, 0.3) is 5.91 Å². The summed E-state index contributed by atoms with van der Waals surface area (Å²) in [4.78, 5) is 38.2. The molecule has 0 unspecified atom stereocenters. The van der Waals surface area contributed by atoms with Crippen LogP contribution in [0.5, 0.6) is 11.5 Å². The number of phenols is 2. The van der Waals surface area contributed by atoms with Crippen LogP contribution < -0.4 is 10.2 Å². The number of phenolic OH excluding ortho intramolecular Hbond substituents is 2. The van der Waals surface area contributed by atoms with E-state index < -0.39 is 30.3 Å². The molecule has 0 bridgehead atoms. The van der Waals surface area contributed by atoms with E-state index >= 15 is 0 Å². The highest BCUT2D eigenvalue weighted by atomic mass is 16.5. The SMILES string of the molecule is C[C@@H]1CC(=O)Nc2ccccc2N1C(=O)COC(=O)c1ccc(O)cc1O. The molecule has 3 rings (SSSR count). The number of hydrogen-bond donors (Lipinski definition) is 3. The quantitative estimate of drug-likeness (QED) is 0.712. The normalized spacial score (nSPS) is 16.1. The summed E-state index contributed by atoms with van der Waals surface area (Å²) in [5, 5.41) is 21.7. The molecule has 0 aliphatic carbocycles. The Labute approximate surface area is 155 Å². The average Bonchev–Trinajstić information content (AvgIpc) is 2.73. The predicted molar refractivity (Wildman–Crippen MR) is 96.7 cm³/mol. The molecule has 0 radical (unpaired) electrons. The zero-order valence-corrected chi connectivity index (χ0v) is 14.5. The number of aromatic hydroxyl groups is 2. The van der Waals surface area contributed by atoms with E-state index in [9.17, 15) is 24.6 Å². The number of nitrogens with one attached hydrogen (secondary N) is 1. The van der Waals surface area contributed by atoms with Gasteiger partial charge in [0.15, 0.2) is 6.61 Å². The standard InChI is InChI=1S/C19H18N2O6/c1-11-8-17(24)20-14-4-2-3-5-15(14)21(11)18(25)10-27-19(26)13-7-6-12(22)9-16(13)23/h2-7,9,11,22-23H,8,10H2,1H3,(H,20,24)/t11-/m1/s1. The van der Waals surface area contributed by atoms with E-state index in [2.05, 4.69) is 5.32 Å². The molecular formula is C19H18N2O6. The number of anilines is 2. The Kier molecular flexibility index (Phi) is 4.98. The summed E-state index contributed by atoms with van der Waals surface area (Å²) < 4.78 is 5.02. The minimum absolute atomic E-state index is 0.104. The number of benzene rings is 2. The van der Waals surface area contributed by atoms with Gasteiger partial charge in [-0.25, -0.2) is 4.79 Å². The molecule has 2 aromatic rings. The maximum atomic E-state index is 12.7. The van der Waals surface area contributed by atoms with Gasteiger partial charge in [-0.15, -0.1) is 0 Å². The van der Waals surface area contributed by atoms with Gasteiger partial charge in [-0.2, -0.15) is 0 Å². The molecule has 0 saturated carbocycles. The molecule has 0 saturated heterocycles. The number of carbonyl (C=O) groups excluding carboxylic acids is 3. The maximum Gasteiger partial charge on any atom is 0.342 e. The van der Waals surface area contributed by atoms with Crippen LogP contribution in [0.2, 0.25) is 0 Å². The fraction of sp³-hybridized carbons (Fsp3) is 0.211. The lowest BCUT2D eigenvalue weighted by Crippen LogP contribution is -2.41. The van der Waals surface area contributed by atoms with Gasteiger partial charge < -0.3 is 25.2 Å². The van der Waals surface area contributed by atoms with E-state index in [4.69, 9.17) is 4.74 Å². The van der Waals surface area contributed by atoms with Crippen LogP contribution in [0.4, 0.5) is 11.4 Å². The van der Waals surface area contributed by atoms with Gasteiger partial charge in [0.05, 0.1) is 11.4 Å². The van der Waals surface area contributed by atoms with Crippen LogP contribution in [0, 0.1) is 0 Å². The first-order chi connectivity index (χ1) is 12.9. The first-order valence-electron chi connectivity index (χ1n) is 8.27. The molecular weight excluding hydrogens is 352 g/mol. The molecule has 1 aliphatic rings. The van der Waals surface area contributed by atoms with Crippen molar-refractivity contribution in [2.75, 3.05) is 16.8 Å². The van der Waals surface area contributed by atoms with Crippen LogP contribution in [-0.4, -0.2) is 40.6 Å². The third kappa shape index (κ3) is 3.84. The first-order valence-corrected chi connectivity index (χ1v) is 8.27. The van der Waals surface area contributed by atoms with E-state index in [0.29, 0.717) is 11.4 Å². The fourth-order valence-electron chi connectivity index (χ4n) is 2.94. The number of ether oxygens (including phenoxy) is 1. The summed E-state index contributed by atoms with van der Waals surface area (Å²) in [6.07, 6.45) is 0.104. The molecule has 27 heavy (non-hydrogen) atoms. The lowest BCUT2D eigenvalue weighted by molar-refractivity contribution is -0.122. The topological polar surface area (TPSA) is 116 Å². The number of fused-ring (bicyclic) bond motifs is 1. The van der Waals surface area contributed by atoms with Crippen molar-refractivity contribution in [1.82, 2.24) is 0 Å². The smallest absolute Gasteiger partial charge is 0.342 e. The predicted octanol–water partition coefficient (Wildman–Crippen LogP) is 2.02. The Morgan fingerprint density at radius 1 is 1.22 bits per heavy atom. The van der Waals surface area contributed by atoms with E-state index in [1.165, 1.54) is 17.0 Å². The summed E-state index contributed by atoms with van der Waals surface area (Å²) in [5.74, 6) is -2.26. The van der Waals surface area contributed by atoms with Crippen molar-refractivity contribution in [2.45, 2.75) is 19.4 Å². The summed E-state index contributed by atoms with van der Waals surface area (Å²) in [6.45, 7) is 1.17. The van der Waals surface area contributed by atoms with Crippen LogP contribution in [0.1, 0.15) is 23.7 Å². The molecule has 8 heteroatoms. The summed E-state index contributed by atoms with van der Waals surface area (Å²) in [5.41, 5.74) is 0.855. The second-order valence-electron chi connectivity index (χ2n) is 6.16. The molecule has 2 amide bonds. The number of hydrogen-bond acceptors (Lipinski definition) is 6. The Hall–Kier alpha value is -3.55. The average molecular weight is 370 g/mol. The van der Waals surface area contributed by atoms with Gasteiger partial charge in [-0.3, -0.25) is 9.59 Å². The molecule has 3 N–H and O–H groups in total. The molecule has 2 aromatic carbocycles. The Balaban J connectivity index is 1.77. The molecule has 140 valence electrons. The summed E-state index contributed by atoms with van der Waals surface area (Å²) in [7, 11) is 0. The summed E-state index contributed by atoms with van der Waals surface area (Å²) in [6, 6.07) is 9.86. The third-order valence-electron chi connectivity index (χ3n) is 4.16. The lowest BCUT2D eigenvalue weighted by Gasteiger charge is -2.27. The molecule has 0 aromatic heterocycles. The molecule has 0 fully saturated rings. The maximum absolute atomic E-state index is 12.7. The first kappa shape index (κ1) is 18.2. The third-order valence-corrected chi connectivity index (χ3v) is 4.16.